The molecule has 570 valence electrons. The van der Waals surface area contributed by atoms with E-state index in [1.807, 2.05) is 0 Å². The Labute approximate surface area is 588 Å². The van der Waals surface area contributed by atoms with E-state index in [-0.39, 0.29) is 25.7 Å². The Kier molecular flexibility index (Phi) is 65.0. The van der Waals surface area contributed by atoms with E-state index in [0.29, 0.717) is 31.6 Å². The summed E-state index contributed by atoms with van der Waals surface area (Å²) in [6, 6.07) is 0. The first-order chi connectivity index (χ1) is 46.1. The maximum atomic E-state index is 13.1. The van der Waals surface area contributed by atoms with Crippen molar-refractivity contribution in [2.75, 3.05) is 39.6 Å². The van der Waals surface area contributed by atoms with E-state index >= 15 is 0 Å². The smallest absolute Gasteiger partial charge is 0.462 e. The summed E-state index contributed by atoms with van der Waals surface area (Å²) >= 11 is 0. The van der Waals surface area contributed by atoms with Crippen LogP contribution in [0.1, 0.15) is 389 Å². The number of rotatable bonds is 74. The number of phosphoric ester groups is 2. The minimum absolute atomic E-state index is 0.103. The van der Waals surface area contributed by atoms with Crippen molar-refractivity contribution in [3.8, 4) is 0 Å². The van der Waals surface area contributed by atoms with Crippen molar-refractivity contribution in [1.29, 1.82) is 0 Å². The van der Waals surface area contributed by atoms with Crippen LogP contribution in [-0.2, 0) is 65.4 Å². The second kappa shape index (κ2) is 66.3. The lowest BCUT2D eigenvalue weighted by Gasteiger charge is -2.21. The van der Waals surface area contributed by atoms with Gasteiger partial charge in [-0.3, -0.25) is 37.3 Å². The molecular weight excluding hydrogens is 1260 g/mol. The van der Waals surface area contributed by atoms with E-state index < -0.39 is 97.5 Å². The molecule has 17 nitrogen and oxygen atoms in total. The molecule has 4 unspecified atom stereocenters. The predicted molar refractivity (Wildman–Crippen MR) is 391 cm³/mol. The molecule has 0 aromatic rings. The quantitative estimate of drug-likeness (QED) is 0.0222. The van der Waals surface area contributed by atoms with Gasteiger partial charge in [0.2, 0.25) is 0 Å². The van der Waals surface area contributed by atoms with Crippen molar-refractivity contribution in [2.45, 2.75) is 408 Å². The lowest BCUT2D eigenvalue weighted by atomic mass is 10.00. The summed E-state index contributed by atoms with van der Waals surface area (Å²) in [5.74, 6) is 0.903. The molecule has 19 heteroatoms. The van der Waals surface area contributed by atoms with Gasteiger partial charge in [-0.25, -0.2) is 9.13 Å². The van der Waals surface area contributed by atoms with Crippen LogP contribution in [0.3, 0.4) is 0 Å². The fourth-order valence-electron chi connectivity index (χ4n) is 11.7. The van der Waals surface area contributed by atoms with Gasteiger partial charge in [0.1, 0.15) is 19.3 Å². The van der Waals surface area contributed by atoms with Crippen molar-refractivity contribution < 1.29 is 80.2 Å². The summed E-state index contributed by atoms with van der Waals surface area (Å²) in [5, 5.41) is 10.6. The van der Waals surface area contributed by atoms with Gasteiger partial charge in [0.15, 0.2) is 12.2 Å². The summed E-state index contributed by atoms with van der Waals surface area (Å²) in [5.41, 5.74) is 0. The molecule has 0 aromatic heterocycles. The zero-order valence-electron chi connectivity index (χ0n) is 63.0. The third kappa shape index (κ3) is 69.2. The fraction of sp³-hybridized carbons (Fsp3) is 0.948. The summed E-state index contributed by atoms with van der Waals surface area (Å²) in [6.07, 6.45) is 51.6. The number of carbonyl (C=O) groups excluding carboxylic acids is 4. The molecule has 0 saturated heterocycles. The first-order valence-corrected chi connectivity index (χ1v) is 42.7. The number of aliphatic hydroxyl groups excluding tert-OH is 1. The number of ether oxygens (including phenoxy) is 4. The molecule has 0 heterocycles. The number of hydrogen-bond acceptors (Lipinski definition) is 15. The van der Waals surface area contributed by atoms with Crippen molar-refractivity contribution in [1.82, 2.24) is 0 Å². The SMILES string of the molecule is CCC(C)CCCCCCCCC(=O)O[C@H](COC(=O)CCCCCCCCCCCCCCC(C)C)COP(=O)(O)OCC(O)COP(=O)(O)OC[C@@H](COC(=O)CCCCCCCCCC(C)C)OC(=O)CCCCCCCCCCCCCCCCCCCCC(C)C. The van der Waals surface area contributed by atoms with Gasteiger partial charge in [0.05, 0.1) is 26.4 Å². The average molecular weight is 1410 g/mol. The summed E-state index contributed by atoms with van der Waals surface area (Å²) in [7, 11) is -9.91. The Hall–Kier alpha value is -1.94. The van der Waals surface area contributed by atoms with Gasteiger partial charge in [-0.2, -0.15) is 0 Å². The normalized spacial score (nSPS) is 14.4. The summed E-state index contributed by atoms with van der Waals surface area (Å²) in [4.78, 5) is 72.8. The Morgan fingerprint density at radius 2 is 0.500 bits per heavy atom. The number of unbranched alkanes of at least 4 members (excludes halogenated alkanes) is 39. The molecule has 0 aliphatic heterocycles. The average Bonchev–Trinajstić information content (AvgIpc) is 3.73. The van der Waals surface area contributed by atoms with Gasteiger partial charge in [0.25, 0.3) is 0 Å². The van der Waals surface area contributed by atoms with Crippen LogP contribution in [0.4, 0.5) is 0 Å². The second-order valence-corrected chi connectivity index (χ2v) is 32.3. The van der Waals surface area contributed by atoms with Crippen molar-refractivity contribution in [3.05, 3.63) is 0 Å². The van der Waals surface area contributed by atoms with E-state index in [1.165, 1.54) is 186 Å². The van der Waals surface area contributed by atoms with Crippen LogP contribution in [0.2, 0.25) is 0 Å². The maximum Gasteiger partial charge on any atom is 0.472 e. The van der Waals surface area contributed by atoms with Gasteiger partial charge < -0.3 is 33.8 Å². The van der Waals surface area contributed by atoms with Crippen LogP contribution in [0, 0.1) is 23.7 Å². The van der Waals surface area contributed by atoms with E-state index in [1.54, 1.807) is 0 Å². The Bertz CT molecular complexity index is 1890. The maximum absolute atomic E-state index is 13.1. The minimum Gasteiger partial charge on any atom is -0.462 e. The number of carbonyl (C=O) groups is 4. The molecule has 0 spiro atoms. The number of phosphoric acid groups is 2. The highest BCUT2D eigenvalue weighted by Gasteiger charge is 2.30. The van der Waals surface area contributed by atoms with Crippen LogP contribution in [0.15, 0.2) is 0 Å². The molecular formula is C77H150O17P2. The summed E-state index contributed by atoms with van der Waals surface area (Å²) < 4.78 is 68.5. The molecule has 0 radical (unpaired) electrons. The first-order valence-electron chi connectivity index (χ1n) is 39.7. The predicted octanol–water partition coefficient (Wildman–Crippen LogP) is 22.4. The Morgan fingerprint density at radius 3 is 0.740 bits per heavy atom. The highest BCUT2D eigenvalue weighted by molar-refractivity contribution is 7.47. The van der Waals surface area contributed by atoms with Crippen LogP contribution in [0.25, 0.3) is 0 Å². The molecule has 0 aliphatic rings. The van der Waals surface area contributed by atoms with E-state index in [2.05, 4.69) is 55.4 Å². The standard InChI is InChI=1S/C77H150O17P2/c1-9-70(8)56-48-40-35-36-44-52-60-77(82)94-73(64-87-74(79)57-49-41-32-26-22-19-18-21-25-30-38-46-54-68(4)5)66-92-96(85,86)90-62-71(78)61-89-95(83,84)91-65-72(63-88-75(80)58-50-42-34-28-31-39-47-55-69(6)7)93-76(81)59-51-43-33-27-23-17-15-13-11-10-12-14-16-20-24-29-37-45-53-67(2)3/h67-73,78H,9-66H2,1-8H3,(H,83,84)(H,85,86)/t70?,71?,72-,73-/m1/s1. The zero-order chi connectivity index (χ0) is 71.0. The van der Waals surface area contributed by atoms with Crippen LogP contribution < -0.4 is 0 Å². The van der Waals surface area contributed by atoms with Crippen LogP contribution in [0.5, 0.6) is 0 Å². The third-order valence-corrected chi connectivity index (χ3v) is 20.1. The van der Waals surface area contributed by atoms with E-state index in [9.17, 15) is 43.2 Å². The third-order valence-electron chi connectivity index (χ3n) is 18.2. The van der Waals surface area contributed by atoms with Gasteiger partial charge in [-0.15, -0.1) is 0 Å². The Morgan fingerprint density at radius 1 is 0.292 bits per heavy atom. The van der Waals surface area contributed by atoms with E-state index in [0.717, 1.165) is 114 Å². The highest BCUT2D eigenvalue weighted by Crippen LogP contribution is 2.45. The van der Waals surface area contributed by atoms with Gasteiger partial charge in [-0.1, -0.05) is 338 Å². The molecule has 0 fully saturated rings. The molecule has 3 N–H and O–H groups in total. The minimum atomic E-state index is -4.96. The first kappa shape index (κ1) is 94.1. The molecule has 96 heavy (non-hydrogen) atoms. The van der Waals surface area contributed by atoms with Crippen molar-refractivity contribution in [3.63, 3.8) is 0 Å². The Balaban J connectivity index is 5.17. The lowest BCUT2D eigenvalue weighted by molar-refractivity contribution is -0.161. The van der Waals surface area contributed by atoms with Gasteiger partial charge >= 0.3 is 39.5 Å². The van der Waals surface area contributed by atoms with Crippen molar-refractivity contribution in [2.24, 2.45) is 23.7 Å². The molecule has 0 amide bonds. The molecule has 0 rings (SSSR count). The largest absolute Gasteiger partial charge is 0.472 e. The highest BCUT2D eigenvalue weighted by atomic mass is 31.2. The van der Waals surface area contributed by atoms with E-state index in [4.69, 9.17) is 37.0 Å². The fourth-order valence-corrected chi connectivity index (χ4v) is 13.3. The van der Waals surface area contributed by atoms with Crippen LogP contribution >= 0.6 is 15.6 Å². The second-order valence-electron chi connectivity index (χ2n) is 29.4. The lowest BCUT2D eigenvalue weighted by Crippen LogP contribution is -2.30. The topological polar surface area (TPSA) is 237 Å². The summed E-state index contributed by atoms with van der Waals surface area (Å²) in [6.45, 7) is 14.1. The van der Waals surface area contributed by atoms with Gasteiger partial charge in [-0.05, 0) is 49.4 Å². The molecule has 0 saturated carbocycles. The molecule has 0 aromatic carbocycles. The van der Waals surface area contributed by atoms with Crippen LogP contribution in [-0.4, -0.2) is 96.7 Å². The van der Waals surface area contributed by atoms with Crippen molar-refractivity contribution >= 4 is 39.5 Å². The molecule has 6 atom stereocenters. The monoisotopic (exact) mass is 1410 g/mol. The molecule has 0 bridgehead atoms. The molecule has 0 aliphatic carbocycles. The number of aliphatic hydroxyl groups is 1. The number of hydrogen-bond donors (Lipinski definition) is 3. The number of esters is 4. The van der Waals surface area contributed by atoms with Gasteiger partial charge in [0, 0.05) is 25.7 Å². The zero-order valence-corrected chi connectivity index (χ0v) is 64.8.